The van der Waals surface area contributed by atoms with Crippen molar-refractivity contribution in [2.24, 2.45) is 5.92 Å². The Hall–Kier alpha value is -4.29. The van der Waals surface area contributed by atoms with Crippen molar-refractivity contribution in [2.45, 2.75) is 143 Å². The Kier molecular flexibility index (Phi) is 14.5. The monoisotopic (exact) mass is 763 g/mol. The van der Waals surface area contributed by atoms with Crippen LogP contribution in [0.15, 0.2) is 30.3 Å². The molecule has 55 heavy (non-hydrogen) atoms. The van der Waals surface area contributed by atoms with Crippen molar-refractivity contribution in [3.8, 4) is 0 Å². The molecule has 0 unspecified atom stereocenters. The van der Waals surface area contributed by atoms with E-state index in [1.165, 1.54) is 12.8 Å². The van der Waals surface area contributed by atoms with E-state index < -0.39 is 11.2 Å². The molecular weight excluding hydrogens is 697 g/mol. The van der Waals surface area contributed by atoms with Crippen LogP contribution in [0.4, 0.5) is 27.2 Å². The summed E-state index contributed by atoms with van der Waals surface area (Å²) in [5.41, 5.74) is 6.99. The number of piperazine rings is 1. The third kappa shape index (κ3) is 13.2. The molecule has 1 aromatic carbocycles. The molecule has 2 aromatic rings. The molecule has 3 fully saturated rings. The van der Waals surface area contributed by atoms with Crippen LogP contribution in [0, 0.1) is 5.92 Å². The predicted octanol–water partition coefficient (Wildman–Crippen LogP) is 7.60. The topological polar surface area (TPSA) is 146 Å². The molecule has 13 heteroatoms. The van der Waals surface area contributed by atoms with Crippen molar-refractivity contribution in [1.82, 2.24) is 24.7 Å². The number of carbonyl (C=O) groups excluding carboxylic acids is 3. The van der Waals surface area contributed by atoms with Gasteiger partial charge in [0, 0.05) is 70.4 Å². The van der Waals surface area contributed by atoms with Crippen LogP contribution in [0.1, 0.15) is 123 Å². The number of rotatable bonds is 12. The number of nitrogens with one attached hydrogen (secondary N) is 1. The van der Waals surface area contributed by atoms with Gasteiger partial charge in [-0.05, 0) is 84.8 Å². The van der Waals surface area contributed by atoms with Crippen molar-refractivity contribution in [3.63, 3.8) is 0 Å². The number of nitrogens with two attached hydrogens (primary N) is 1. The minimum absolute atomic E-state index is 0.155. The van der Waals surface area contributed by atoms with Crippen LogP contribution in [0.25, 0.3) is 0 Å². The van der Waals surface area contributed by atoms with Crippen molar-refractivity contribution >= 4 is 35.7 Å². The molecule has 0 atom stereocenters. The first kappa shape index (κ1) is 41.9. The van der Waals surface area contributed by atoms with Crippen LogP contribution in [-0.4, -0.2) is 99.3 Å². The Balaban J connectivity index is 1.16. The first-order valence-corrected chi connectivity index (χ1v) is 20.6. The number of aromatic nitrogens is 2. The Morgan fingerprint density at radius 3 is 1.98 bits per heavy atom. The summed E-state index contributed by atoms with van der Waals surface area (Å²) in [7, 11) is 0. The van der Waals surface area contributed by atoms with E-state index in [0.29, 0.717) is 76.5 Å². The van der Waals surface area contributed by atoms with E-state index in [0.717, 1.165) is 68.3 Å². The van der Waals surface area contributed by atoms with Gasteiger partial charge in [-0.25, -0.2) is 9.59 Å². The van der Waals surface area contributed by atoms with Crippen molar-refractivity contribution in [1.29, 1.82) is 0 Å². The summed E-state index contributed by atoms with van der Waals surface area (Å²) < 4.78 is 11.6. The van der Waals surface area contributed by atoms with Crippen LogP contribution in [0.5, 0.6) is 0 Å². The number of nitrogens with zero attached hydrogens (tertiary/aromatic N) is 6. The standard InChI is InChI=1S/C42H66N8O5/c1-41(2,3)54-39(52)49(22-13-23-50(34-16-11-8-12-17-34)40(53)55-42(4,5)6)30-32-20-18-31(19-21-32)29-44-38-45-35(43)28-36(46-38)47-24-26-48(27-25-47)37(51)33-14-9-7-10-15-33/h18-21,28,33-34H,7-17,22-27,29-30H2,1-6H3,(H3,43,44,45,46). The highest BCUT2D eigenvalue weighted by molar-refractivity contribution is 5.79. The molecule has 13 nitrogen and oxygen atoms in total. The van der Waals surface area contributed by atoms with Gasteiger partial charge in [0.2, 0.25) is 11.9 Å². The smallest absolute Gasteiger partial charge is 0.410 e. The fraction of sp³-hybridized carbons (Fsp3) is 0.690. The zero-order chi connectivity index (χ0) is 39.6. The summed E-state index contributed by atoms with van der Waals surface area (Å²) in [6.45, 7) is 15.9. The Morgan fingerprint density at radius 2 is 1.36 bits per heavy atom. The molecule has 1 aliphatic heterocycles. The Bertz CT molecular complexity index is 1550. The van der Waals surface area contributed by atoms with Gasteiger partial charge in [0.25, 0.3) is 0 Å². The zero-order valence-corrected chi connectivity index (χ0v) is 34.3. The number of hydrogen-bond acceptors (Lipinski definition) is 10. The molecule has 2 saturated carbocycles. The number of amides is 3. The number of benzene rings is 1. The molecule has 1 aromatic heterocycles. The third-order valence-electron chi connectivity index (χ3n) is 10.6. The summed E-state index contributed by atoms with van der Waals surface area (Å²) >= 11 is 0. The second-order valence-corrected chi connectivity index (χ2v) is 17.5. The van der Waals surface area contributed by atoms with Gasteiger partial charge in [-0.15, -0.1) is 0 Å². The normalized spacial score (nSPS) is 17.4. The number of hydrogen-bond donors (Lipinski definition) is 2. The van der Waals surface area contributed by atoms with E-state index in [9.17, 15) is 14.4 Å². The minimum atomic E-state index is -0.639. The van der Waals surface area contributed by atoms with Crippen molar-refractivity contribution < 1.29 is 23.9 Å². The summed E-state index contributed by atoms with van der Waals surface area (Å²) in [6, 6.07) is 10.0. The van der Waals surface area contributed by atoms with Crippen molar-refractivity contribution in [2.75, 3.05) is 55.2 Å². The van der Waals surface area contributed by atoms with Gasteiger partial charge in [-0.2, -0.15) is 9.97 Å². The van der Waals surface area contributed by atoms with Gasteiger partial charge in [0.15, 0.2) is 0 Å². The first-order valence-electron chi connectivity index (χ1n) is 20.6. The predicted molar refractivity (Wildman–Crippen MR) is 217 cm³/mol. The van der Waals surface area contributed by atoms with Crippen LogP contribution < -0.4 is 16.0 Å². The minimum Gasteiger partial charge on any atom is -0.444 e. The second kappa shape index (κ2) is 19.0. The second-order valence-electron chi connectivity index (χ2n) is 17.5. The number of ether oxygens (including phenoxy) is 2. The Labute approximate surface area is 328 Å². The number of carbonyl (C=O) groups is 3. The van der Waals surface area contributed by atoms with E-state index in [2.05, 4.69) is 15.2 Å². The maximum atomic E-state index is 13.4. The van der Waals surface area contributed by atoms with E-state index >= 15 is 0 Å². The fourth-order valence-corrected chi connectivity index (χ4v) is 7.75. The summed E-state index contributed by atoms with van der Waals surface area (Å²) in [4.78, 5) is 56.7. The molecule has 3 aliphatic rings. The highest BCUT2D eigenvalue weighted by Gasteiger charge is 2.31. The number of nitrogen functional groups attached to an aromatic ring is 1. The summed E-state index contributed by atoms with van der Waals surface area (Å²) in [5.74, 6) is 2.08. The lowest BCUT2D eigenvalue weighted by atomic mass is 9.88. The maximum absolute atomic E-state index is 13.4. The summed E-state index contributed by atoms with van der Waals surface area (Å²) in [5, 5.41) is 3.32. The third-order valence-corrected chi connectivity index (χ3v) is 10.6. The lowest BCUT2D eigenvalue weighted by Crippen LogP contribution is -2.50. The van der Waals surface area contributed by atoms with Gasteiger partial charge in [0.05, 0.1) is 0 Å². The number of anilines is 3. The SMILES string of the molecule is CC(C)(C)OC(=O)N(CCCN(C(=O)OC(C)(C)C)C1CCCCC1)Cc1ccc(CNc2nc(N)cc(N3CCN(C(=O)C4CCCCC4)CC3)n2)cc1. The fourth-order valence-electron chi connectivity index (χ4n) is 7.75. The molecule has 0 bridgehead atoms. The quantitative estimate of drug-likeness (QED) is 0.222. The highest BCUT2D eigenvalue weighted by Crippen LogP contribution is 2.28. The van der Waals surface area contributed by atoms with Gasteiger partial charge in [0.1, 0.15) is 22.8 Å². The van der Waals surface area contributed by atoms with Crippen LogP contribution in [0.3, 0.4) is 0 Å². The molecule has 3 N–H and O–H groups in total. The molecule has 0 spiro atoms. The average molecular weight is 763 g/mol. The van der Waals surface area contributed by atoms with Crippen LogP contribution in [0.2, 0.25) is 0 Å². The van der Waals surface area contributed by atoms with E-state index in [1.807, 2.05) is 75.6 Å². The van der Waals surface area contributed by atoms with Crippen LogP contribution >= 0.6 is 0 Å². The van der Waals surface area contributed by atoms with Gasteiger partial charge < -0.3 is 40.1 Å². The molecule has 2 heterocycles. The molecule has 304 valence electrons. The van der Waals surface area contributed by atoms with Gasteiger partial charge in [-0.3, -0.25) is 4.79 Å². The maximum Gasteiger partial charge on any atom is 0.410 e. The Morgan fingerprint density at radius 1 is 0.782 bits per heavy atom. The molecule has 2 aliphatic carbocycles. The van der Waals surface area contributed by atoms with Gasteiger partial charge in [-0.1, -0.05) is 62.8 Å². The zero-order valence-electron chi connectivity index (χ0n) is 34.3. The van der Waals surface area contributed by atoms with Crippen molar-refractivity contribution in [3.05, 3.63) is 41.5 Å². The molecule has 1 saturated heterocycles. The average Bonchev–Trinajstić information content (AvgIpc) is 3.14. The van der Waals surface area contributed by atoms with E-state index in [4.69, 9.17) is 20.2 Å². The lowest BCUT2D eigenvalue weighted by Gasteiger charge is -2.37. The molecule has 0 radical (unpaired) electrons. The van der Waals surface area contributed by atoms with E-state index in [-0.39, 0.29) is 24.1 Å². The van der Waals surface area contributed by atoms with Crippen LogP contribution in [-0.2, 0) is 27.4 Å². The van der Waals surface area contributed by atoms with Gasteiger partial charge >= 0.3 is 12.2 Å². The largest absolute Gasteiger partial charge is 0.444 e. The van der Waals surface area contributed by atoms with E-state index in [1.54, 1.807) is 11.0 Å². The molecule has 3 amide bonds. The highest BCUT2D eigenvalue weighted by atomic mass is 16.6. The lowest BCUT2D eigenvalue weighted by molar-refractivity contribution is -0.136. The summed E-state index contributed by atoms with van der Waals surface area (Å²) in [6.07, 6.45) is 10.9. The first-order chi connectivity index (χ1) is 26.1. The molecular formula is C42H66N8O5. The molecule has 5 rings (SSSR count).